The van der Waals surface area contributed by atoms with Crippen LogP contribution >= 0.6 is 0 Å². The van der Waals surface area contributed by atoms with Gasteiger partial charge in [0.2, 0.25) is 0 Å². The first-order valence-corrected chi connectivity index (χ1v) is 17.2. The molecule has 2 atom stereocenters. The average Bonchev–Trinajstić information content (AvgIpc) is 2.99. The van der Waals surface area contributed by atoms with Crippen LogP contribution in [0.2, 0.25) is 0 Å². The summed E-state index contributed by atoms with van der Waals surface area (Å²) in [5.74, 6) is -1.41. The minimum absolute atomic E-state index is 0.0312. The fourth-order valence-corrected chi connectivity index (χ4v) is 5.04. The van der Waals surface area contributed by atoms with E-state index in [2.05, 4.69) is 13.8 Å². The molecule has 0 aliphatic rings. The maximum absolute atomic E-state index is 12.4. The second-order valence-electron chi connectivity index (χ2n) is 11.7. The lowest BCUT2D eigenvalue weighted by Crippen LogP contribution is -2.45. The van der Waals surface area contributed by atoms with Crippen molar-refractivity contribution in [2.45, 2.75) is 135 Å². The molecule has 0 aromatic rings. The SMILES string of the molecule is CCCCCCCCCCOC(=O)C(O)CN(CCCN(CCO)CCO)CC(O)C(=O)OCCCCCCCCCC. The number of carbonyl (C=O) groups is 2. The molecule has 0 heterocycles. The van der Waals surface area contributed by atoms with Gasteiger partial charge in [-0.1, -0.05) is 104 Å². The van der Waals surface area contributed by atoms with Gasteiger partial charge in [0.05, 0.1) is 26.4 Å². The third kappa shape index (κ3) is 25.7. The van der Waals surface area contributed by atoms with Crippen molar-refractivity contribution in [3.05, 3.63) is 0 Å². The van der Waals surface area contributed by atoms with Crippen LogP contribution in [0.1, 0.15) is 123 Å². The summed E-state index contributed by atoms with van der Waals surface area (Å²) in [6.45, 7) is 6.47. The molecule has 0 rings (SSSR count). The van der Waals surface area contributed by atoms with Crippen molar-refractivity contribution in [3.8, 4) is 0 Å². The number of aliphatic hydroxyl groups is 4. The Morgan fingerprint density at radius 3 is 1.23 bits per heavy atom. The molecule has 0 saturated carbocycles. The number of nitrogens with zero attached hydrogens (tertiary/aromatic N) is 2. The highest BCUT2D eigenvalue weighted by Crippen LogP contribution is 2.10. The zero-order valence-corrected chi connectivity index (χ0v) is 27.6. The van der Waals surface area contributed by atoms with E-state index in [1.54, 1.807) is 4.90 Å². The Morgan fingerprint density at radius 2 is 0.860 bits per heavy atom. The van der Waals surface area contributed by atoms with Gasteiger partial charge < -0.3 is 29.9 Å². The van der Waals surface area contributed by atoms with Crippen molar-refractivity contribution in [1.82, 2.24) is 9.80 Å². The lowest BCUT2D eigenvalue weighted by atomic mass is 10.1. The van der Waals surface area contributed by atoms with Crippen LogP contribution in [-0.4, -0.2) is 120 Å². The molecule has 2 unspecified atom stereocenters. The van der Waals surface area contributed by atoms with Gasteiger partial charge in [-0.3, -0.25) is 9.80 Å². The van der Waals surface area contributed by atoms with E-state index in [-0.39, 0.29) is 39.5 Å². The van der Waals surface area contributed by atoms with E-state index in [0.29, 0.717) is 32.6 Å². The van der Waals surface area contributed by atoms with Gasteiger partial charge in [-0.2, -0.15) is 0 Å². The van der Waals surface area contributed by atoms with Crippen LogP contribution in [0.15, 0.2) is 0 Å². The number of esters is 2. The Bertz CT molecular complexity index is 592. The minimum Gasteiger partial charge on any atom is -0.464 e. The van der Waals surface area contributed by atoms with Crippen LogP contribution in [0.3, 0.4) is 0 Å². The largest absolute Gasteiger partial charge is 0.464 e. The Hall–Kier alpha value is -1.30. The van der Waals surface area contributed by atoms with Crippen LogP contribution in [-0.2, 0) is 19.1 Å². The summed E-state index contributed by atoms with van der Waals surface area (Å²) in [5, 5.41) is 39.6. The first-order chi connectivity index (χ1) is 20.9. The smallest absolute Gasteiger partial charge is 0.336 e. The number of carbonyl (C=O) groups excluding carboxylic acids is 2. The van der Waals surface area contributed by atoms with Crippen LogP contribution < -0.4 is 0 Å². The van der Waals surface area contributed by atoms with Crippen molar-refractivity contribution >= 4 is 11.9 Å². The maximum Gasteiger partial charge on any atom is 0.336 e. The molecule has 43 heavy (non-hydrogen) atoms. The van der Waals surface area contributed by atoms with Crippen molar-refractivity contribution in [2.24, 2.45) is 0 Å². The first-order valence-electron chi connectivity index (χ1n) is 17.2. The molecule has 0 bridgehead atoms. The van der Waals surface area contributed by atoms with E-state index in [4.69, 9.17) is 9.47 Å². The number of hydrogen-bond donors (Lipinski definition) is 4. The Labute approximate surface area is 262 Å². The fraction of sp³-hybridized carbons (Fsp3) is 0.939. The molecule has 0 radical (unpaired) electrons. The number of hydrogen-bond acceptors (Lipinski definition) is 10. The summed E-state index contributed by atoms with van der Waals surface area (Å²) in [7, 11) is 0. The average molecular weight is 619 g/mol. The summed E-state index contributed by atoms with van der Waals surface area (Å²) in [6, 6.07) is 0. The van der Waals surface area contributed by atoms with Gasteiger partial charge in [-0.05, 0) is 32.4 Å². The highest BCUT2D eigenvalue weighted by molar-refractivity contribution is 5.75. The molecule has 0 spiro atoms. The lowest BCUT2D eigenvalue weighted by Gasteiger charge is -2.27. The molecule has 0 aliphatic carbocycles. The molecule has 0 fully saturated rings. The molecular weight excluding hydrogens is 552 g/mol. The number of unbranched alkanes of at least 4 members (excludes halogenated alkanes) is 14. The Kier molecular flexibility index (Phi) is 29.8. The first kappa shape index (κ1) is 41.7. The zero-order chi connectivity index (χ0) is 32.0. The normalized spacial score (nSPS) is 13.0. The van der Waals surface area contributed by atoms with E-state index >= 15 is 0 Å². The van der Waals surface area contributed by atoms with Gasteiger partial charge in [0, 0.05) is 26.2 Å². The van der Waals surface area contributed by atoms with Crippen LogP contribution in [0.5, 0.6) is 0 Å². The fourth-order valence-electron chi connectivity index (χ4n) is 5.04. The summed E-state index contributed by atoms with van der Waals surface area (Å²) in [6.07, 6.45) is 15.8. The van der Waals surface area contributed by atoms with Crippen LogP contribution in [0.4, 0.5) is 0 Å². The molecule has 10 nitrogen and oxygen atoms in total. The number of rotatable bonds is 32. The molecular formula is C33H66N2O8. The van der Waals surface area contributed by atoms with E-state index in [9.17, 15) is 30.0 Å². The predicted octanol–water partition coefficient (Wildman–Crippen LogP) is 4.05. The predicted molar refractivity (Wildman–Crippen MR) is 171 cm³/mol. The third-order valence-electron chi connectivity index (χ3n) is 7.67. The van der Waals surface area contributed by atoms with Gasteiger partial charge in [0.1, 0.15) is 0 Å². The summed E-state index contributed by atoms with van der Waals surface area (Å²) >= 11 is 0. The summed E-state index contributed by atoms with van der Waals surface area (Å²) in [4.78, 5) is 28.5. The topological polar surface area (TPSA) is 140 Å². The number of aliphatic hydroxyl groups excluding tert-OH is 4. The van der Waals surface area contributed by atoms with Crippen LogP contribution in [0, 0.1) is 0 Å². The third-order valence-corrected chi connectivity index (χ3v) is 7.67. The van der Waals surface area contributed by atoms with Crippen molar-refractivity contribution in [1.29, 1.82) is 0 Å². The maximum atomic E-state index is 12.4. The Morgan fingerprint density at radius 1 is 0.512 bits per heavy atom. The highest BCUT2D eigenvalue weighted by atomic mass is 16.6. The summed E-state index contributed by atoms with van der Waals surface area (Å²) < 4.78 is 10.6. The molecule has 0 saturated heterocycles. The monoisotopic (exact) mass is 618 g/mol. The van der Waals surface area contributed by atoms with Crippen molar-refractivity contribution in [2.75, 3.05) is 65.7 Å². The molecule has 0 aromatic heterocycles. The van der Waals surface area contributed by atoms with E-state index in [1.165, 1.54) is 64.2 Å². The minimum atomic E-state index is -1.40. The molecule has 0 aliphatic heterocycles. The summed E-state index contributed by atoms with van der Waals surface area (Å²) in [5.41, 5.74) is 0. The highest BCUT2D eigenvalue weighted by Gasteiger charge is 2.25. The quantitative estimate of drug-likeness (QED) is 0.0645. The Balaban J connectivity index is 4.63. The lowest BCUT2D eigenvalue weighted by molar-refractivity contribution is -0.156. The second kappa shape index (κ2) is 30.7. The van der Waals surface area contributed by atoms with Gasteiger partial charge >= 0.3 is 11.9 Å². The zero-order valence-electron chi connectivity index (χ0n) is 27.6. The van der Waals surface area contributed by atoms with Crippen molar-refractivity contribution in [3.63, 3.8) is 0 Å². The van der Waals surface area contributed by atoms with E-state index in [1.807, 2.05) is 4.90 Å². The van der Waals surface area contributed by atoms with E-state index in [0.717, 1.165) is 38.5 Å². The van der Waals surface area contributed by atoms with Gasteiger partial charge in [-0.25, -0.2) is 9.59 Å². The standard InChI is InChI=1S/C33H66N2O8/c1-3-5-7-9-11-13-15-17-26-42-32(40)30(38)28-35(21-19-20-34(22-24-36)23-25-37)29-31(39)33(41)43-27-18-16-14-12-10-8-6-4-2/h30-31,36-39H,3-29H2,1-2H3. The molecule has 10 heteroatoms. The van der Waals surface area contributed by atoms with Gasteiger partial charge in [-0.15, -0.1) is 0 Å². The second-order valence-corrected chi connectivity index (χ2v) is 11.7. The number of ether oxygens (including phenoxy) is 2. The molecule has 256 valence electrons. The van der Waals surface area contributed by atoms with E-state index < -0.39 is 24.1 Å². The molecule has 0 aromatic carbocycles. The molecule has 0 amide bonds. The van der Waals surface area contributed by atoms with Gasteiger partial charge in [0.25, 0.3) is 0 Å². The van der Waals surface area contributed by atoms with Gasteiger partial charge in [0.15, 0.2) is 12.2 Å². The van der Waals surface area contributed by atoms with Crippen LogP contribution in [0.25, 0.3) is 0 Å². The van der Waals surface area contributed by atoms with Crippen molar-refractivity contribution < 1.29 is 39.5 Å². The molecule has 4 N–H and O–H groups in total.